The van der Waals surface area contributed by atoms with E-state index in [0.717, 1.165) is 0 Å². The number of urea groups is 1. The van der Waals surface area contributed by atoms with Gasteiger partial charge in [0, 0.05) is 12.1 Å². The van der Waals surface area contributed by atoms with Gasteiger partial charge in [0.2, 0.25) is 0 Å². The Bertz CT molecular complexity index is 213. The Morgan fingerprint density at radius 2 is 2.08 bits per heavy atom. The molecule has 0 saturated carbocycles. The molecule has 5 heteroatoms. The van der Waals surface area contributed by atoms with E-state index >= 15 is 0 Å². The zero-order chi connectivity index (χ0) is 10.2. The minimum Gasteiger partial charge on any atom is -0.328 e. The van der Waals surface area contributed by atoms with Gasteiger partial charge in [0.05, 0.1) is 0 Å². The van der Waals surface area contributed by atoms with Crippen LogP contribution in [0.25, 0.3) is 0 Å². The van der Waals surface area contributed by atoms with Crippen molar-refractivity contribution in [2.75, 3.05) is 6.54 Å². The molecular weight excluding hydrogens is 178 g/mol. The van der Waals surface area contributed by atoms with Crippen LogP contribution in [0.4, 0.5) is 13.6 Å². The molecule has 0 radical (unpaired) electrons. The van der Waals surface area contributed by atoms with Gasteiger partial charge in [0.15, 0.2) is 0 Å². The minimum absolute atomic E-state index is 0.0833. The smallest absolute Gasteiger partial charge is 0.318 e. The second kappa shape index (κ2) is 3.12. The van der Waals surface area contributed by atoms with Crippen LogP contribution in [-0.2, 0) is 0 Å². The van der Waals surface area contributed by atoms with Crippen molar-refractivity contribution in [3.63, 3.8) is 0 Å². The lowest BCUT2D eigenvalue weighted by Crippen LogP contribution is -2.43. The Kier molecular flexibility index (Phi) is 2.45. The Balaban J connectivity index is 2.67. The average molecular weight is 192 g/mol. The lowest BCUT2D eigenvalue weighted by atomic mass is 10.1. The van der Waals surface area contributed by atoms with Crippen LogP contribution in [0.2, 0.25) is 0 Å². The van der Waals surface area contributed by atoms with Crippen molar-refractivity contribution < 1.29 is 13.6 Å². The van der Waals surface area contributed by atoms with E-state index in [9.17, 15) is 13.6 Å². The average Bonchev–Trinajstić information content (AvgIpc) is 2.29. The lowest BCUT2D eigenvalue weighted by molar-refractivity contribution is 0.101. The Morgan fingerprint density at radius 3 is 2.31 bits per heavy atom. The fourth-order valence-electron chi connectivity index (χ4n) is 1.28. The number of amides is 2. The maximum Gasteiger partial charge on any atom is 0.318 e. The number of nitrogens with zero attached hydrogens (tertiary/aromatic N) is 1. The van der Waals surface area contributed by atoms with Crippen LogP contribution in [-0.4, -0.2) is 35.5 Å². The maximum absolute atomic E-state index is 12.2. The van der Waals surface area contributed by atoms with Crippen molar-refractivity contribution in [3.05, 3.63) is 0 Å². The molecule has 0 aromatic carbocycles. The number of carbonyl (C=O) groups excluding carboxylic acids is 1. The molecule has 1 atom stereocenters. The summed E-state index contributed by atoms with van der Waals surface area (Å²) in [5, 5.41) is 2.25. The molecule has 0 spiro atoms. The zero-order valence-electron chi connectivity index (χ0n) is 7.97. The van der Waals surface area contributed by atoms with Gasteiger partial charge in [-0.15, -0.1) is 0 Å². The topological polar surface area (TPSA) is 32.3 Å². The fraction of sp³-hybridized carbons (Fsp3) is 0.875. The summed E-state index contributed by atoms with van der Waals surface area (Å²) in [6.45, 7) is 5.54. The summed E-state index contributed by atoms with van der Waals surface area (Å²) in [7, 11) is 0. The van der Waals surface area contributed by atoms with Crippen molar-refractivity contribution in [2.45, 2.75) is 38.8 Å². The van der Waals surface area contributed by atoms with Crippen LogP contribution < -0.4 is 5.32 Å². The highest BCUT2D eigenvalue weighted by molar-refractivity contribution is 5.77. The molecule has 3 nitrogen and oxygen atoms in total. The number of hydrogen-bond donors (Lipinski definition) is 1. The normalized spacial score (nSPS) is 24.0. The number of carbonyl (C=O) groups is 1. The van der Waals surface area contributed by atoms with Gasteiger partial charge in [-0.3, -0.25) is 0 Å². The van der Waals surface area contributed by atoms with Gasteiger partial charge in [0.25, 0.3) is 6.43 Å². The number of alkyl halides is 2. The highest BCUT2D eigenvalue weighted by Crippen LogP contribution is 2.20. The fourth-order valence-corrected chi connectivity index (χ4v) is 1.28. The first-order chi connectivity index (χ1) is 5.82. The summed E-state index contributed by atoms with van der Waals surface area (Å²) in [4.78, 5) is 12.6. The number of rotatable bonds is 1. The van der Waals surface area contributed by atoms with Gasteiger partial charge in [0.1, 0.15) is 6.04 Å². The molecule has 1 N–H and O–H groups in total. The van der Waals surface area contributed by atoms with Crippen LogP contribution >= 0.6 is 0 Å². The highest BCUT2D eigenvalue weighted by atomic mass is 19.3. The highest BCUT2D eigenvalue weighted by Gasteiger charge is 2.39. The van der Waals surface area contributed by atoms with Gasteiger partial charge in [-0.05, 0) is 20.8 Å². The van der Waals surface area contributed by atoms with E-state index in [-0.39, 0.29) is 6.54 Å². The van der Waals surface area contributed by atoms with Crippen molar-refractivity contribution in [2.24, 2.45) is 0 Å². The SMILES string of the molecule is CC(C)(C)N1C[C@H](C(F)F)NC1=O. The molecule has 0 aliphatic carbocycles. The van der Waals surface area contributed by atoms with E-state index in [1.54, 1.807) is 0 Å². The molecule has 1 fully saturated rings. The molecule has 1 saturated heterocycles. The van der Waals surface area contributed by atoms with E-state index < -0.39 is 24.0 Å². The van der Waals surface area contributed by atoms with Crippen LogP contribution in [0.15, 0.2) is 0 Å². The van der Waals surface area contributed by atoms with Crippen LogP contribution in [0.3, 0.4) is 0 Å². The second-order valence-corrected chi connectivity index (χ2v) is 4.17. The second-order valence-electron chi connectivity index (χ2n) is 4.17. The molecule has 0 aromatic rings. The van der Waals surface area contributed by atoms with Crippen molar-refractivity contribution in [3.8, 4) is 0 Å². The number of hydrogen-bond acceptors (Lipinski definition) is 1. The standard InChI is InChI=1S/C8H14F2N2O/c1-8(2,3)12-4-5(6(9)10)11-7(12)13/h5-6H,4H2,1-3H3,(H,11,13)/t5-/m1/s1. The van der Waals surface area contributed by atoms with Gasteiger partial charge in [-0.25, -0.2) is 13.6 Å². The Labute approximate surface area is 76.1 Å². The van der Waals surface area contributed by atoms with E-state index in [1.807, 2.05) is 20.8 Å². The van der Waals surface area contributed by atoms with Gasteiger partial charge in [-0.1, -0.05) is 0 Å². The molecule has 1 aliphatic rings. The predicted octanol–water partition coefficient (Wildman–Crippen LogP) is 1.44. The molecule has 76 valence electrons. The quantitative estimate of drug-likeness (QED) is 0.670. The first-order valence-electron chi connectivity index (χ1n) is 4.18. The van der Waals surface area contributed by atoms with Crippen LogP contribution in [0.1, 0.15) is 20.8 Å². The molecule has 0 bridgehead atoms. The van der Waals surface area contributed by atoms with Crippen LogP contribution in [0, 0.1) is 0 Å². The summed E-state index contributed by atoms with van der Waals surface area (Å²) in [6, 6.07) is -1.43. The summed E-state index contributed by atoms with van der Waals surface area (Å²) in [5.74, 6) is 0. The number of nitrogens with one attached hydrogen (secondary N) is 1. The van der Waals surface area contributed by atoms with E-state index in [0.29, 0.717) is 0 Å². The monoisotopic (exact) mass is 192 g/mol. The van der Waals surface area contributed by atoms with Crippen LogP contribution in [0.5, 0.6) is 0 Å². The third-order valence-corrected chi connectivity index (χ3v) is 2.05. The minimum atomic E-state index is -2.49. The predicted molar refractivity (Wildman–Crippen MR) is 44.8 cm³/mol. The Morgan fingerprint density at radius 1 is 1.54 bits per heavy atom. The summed E-state index contributed by atoms with van der Waals surface area (Å²) in [6.07, 6.45) is -2.49. The van der Waals surface area contributed by atoms with E-state index in [2.05, 4.69) is 5.32 Å². The maximum atomic E-state index is 12.2. The molecular formula is C8H14F2N2O. The summed E-state index contributed by atoms with van der Waals surface area (Å²) < 4.78 is 24.5. The summed E-state index contributed by atoms with van der Waals surface area (Å²) in [5.41, 5.74) is -0.395. The largest absolute Gasteiger partial charge is 0.328 e. The molecule has 13 heavy (non-hydrogen) atoms. The van der Waals surface area contributed by atoms with E-state index in [1.165, 1.54) is 4.90 Å². The van der Waals surface area contributed by atoms with Gasteiger partial charge >= 0.3 is 6.03 Å². The van der Waals surface area contributed by atoms with Crippen molar-refractivity contribution >= 4 is 6.03 Å². The van der Waals surface area contributed by atoms with Crippen molar-refractivity contribution in [1.29, 1.82) is 0 Å². The van der Waals surface area contributed by atoms with E-state index in [4.69, 9.17) is 0 Å². The molecule has 1 rings (SSSR count). The number of halogens is 2. The molecule has 1 heterocycles. The van der Waals surface area contributed by atoms with Gasteiger partial charge < -0.3 is 10.2 Å². The molecule has 0 unspecified atom stereocenters. The molecule has 2 amide bonds. The van der Waals surface area contributed by atoms with Crippen molar-refractivity contribution in [1.82, 2.24) is 10.2 Å². The first kappa shape index (κ1) is 10.2. The third kappa shape index (κ3) is 2.08. The lowest BCUT2D eigenvalue weighted by Gasteiger charge is -2.30. The first-order valence-corrected chi connectivity index (χ1v) is 4.18. The zero-order valence-corrected chi connectivity index (χ0v) is 7.97. The summed E-state index contributed by atoms with van der Waals surface area (Å²) >= 11 is 0. The third-order valence-electron chi connectivity index (χ3n) is 2.05. The molecule has 1 aliphatic heterocycles. The Hall–Kier alpha value is -0.870. The molecule has 0 aromatic heterocycles. The van der Waals surface area contributed by atoms with Gasteiger partial charge in [-0.2, -0.15) is 0 Å².